The summed E-state index contributed by atoms with van der Waals surface area (Å²) in [6.45, 7) is 12.0. The van der Waals surface area contributed by atoms with E-state index in [0.29, 0.717) is 0 Å². The Balaban J connectivity index is 2.52. The zero-order chi connectivity index (χ0) is 13.3. The Morgan fingerprint density at radius 3 is 2.28 bits per heavy atom. The molecule has 2 heteroatoms. The third-order valence-corrected chi connectivity index (χ3v) is 3.25. The number of carbonyl (C=O) groups is 1. The number of fused-ring (bicyclic) bond motifs is 1. The fourth-order valence-corrected chi connectivity index (χ4v) is 2.82. The average Bonchev–Trinajstić information content (AvgIpc) is 2.51. The van der Waals surface area contributed by atoms with Gasteiger partial charge in [0.2, 0.25) is 0 Å². The van der Waals surface area contributed by atoms with Gasteiger partial charge in [0.1, 0.15) is 0 Å². The molecule has 0 atom stereocenters. The maximum atomic E-state index is 12.1. The van der Waals surface area contributed by atoms with Gasteiger partial charge in [-0.2, -0.15) is 0 Å². The van der Waals surface area contributed by atoms with Crippen LogP contribution in [0.25, 0.3) is 0 Å². The number of carbonyl (C=O) groups excluding carboxylic acids is 1. The summed E-state index contributed by atoms with van der Waals surface area (Å²) in [6, 6.07) is 7.78. The van der Waals surface area contributed by atoms with Crippen molar-refractivity contribution in [1.29, 1.82) is 0 Å². The number of nitrogens with one attached hydrogen (secondary N) is 1. The van der Waals surface area contributed by atoms with Gasteiger partial charge < -0.3 is 5.32 Å². The van der Waals surface area contributed by atoms with E-state index in [1.807, 2.05) is 38.1 Å². The van der Waals surface area contributed by atoms with E-state index in [0.717, 1.165) is 35.1 Å². The quantitative estimate of drug-likeness (QED) is 0.802. The van der Waals surface area contributed by atoms with Crippen molar-refractivity contribution in [3.05, 3.63) is 59.7 Å². The molecule has 1 aliphatic heterocycles. The monoisotopic (exact) mass is 241 g/mol. The fraction of sp³-hybridized carbons (Fsp3) is 0.312. The van der Waals surface area contributed by atoms with E-state index >= 15 is 0 Å². The highest BCUT2D eigenvalue weighted by Gasteiger charge is 2.42. The van der Waals surface area contributed by atoms with Crippen LogP contribution in [0.3, 0.4) is 0 Å². The molecule has 0 unspecified atom stereocenters. The fourth-order valence-electron chi connectivity index (χ4n) is 2.82. The third kappa shape index (κ3) is 2.10. The smallest absolute Gasteiger partial charge is 0.252 e. The van der Waals surface area contributed by atoms with Gasteiger partial charge in [-0.25, -0.2) is 0 Å². The van der Waals surface area contributed by atoms with Crippen LogP contribution in [0.5, 0.6) is 0 Å². The van der Waals surface area contributed by atoms with Crippen molar-refractivity contribution in [1.82, 2.24) is 5.32 Å². The second-order valence-corrected chi connectivity index (χ2v) is 5.35. The maximum Gasteiger partial charge on any atom is 0.252 e. The molecule has 0 aliphatic carbocycles. The molecule has 0 aromatic heterocycles. The SMILES string of the molecule is C=C(C)CC1(CC(=C)C)NC(=O)c2ccccc21. The molecular formula is C16H19NO. The van der Waals surface area contributed by atoms with Gasteiger partial charge in [0.25, 0.3) is 5.91 Å². The Labute approximate surface area is 108 Å². The third-order valence-electron chi connectivity index (χ3n) is 3.25. The molecule has 0 spiro atoms. The van der Waals surface area contributed by atoms with E-state index in [4.69, 9.17) is 0 Å². The summed E-state index contributed by atoms with van der Waals surface area (Å²) in [5.41, 5.74) is 3.62. The molecule has 0 saturated heterocycles. The van der Waals surface area contributed by atoms with Crippen molar-refractivity contribution in [3.63, 3.8) is 0 Å². The number of amides is 1. The van der Waals surface area contributed by atoms with Gasteiger partial charge in [0.15, 0.2) is 0 Å². The minimum absolute atomic E-state index is 0.00750. The molecule has 18 heavy (non-hydrogen) atoms. The maximum absolute atomic E-state index is 12.1. The van der Waals surface area contributed by atoms with Crippen LogP contribution in [0.2, 0.25) is 0 Å². The molecule has 1 aliphatic rings. The van der Waals surface area contributed by atoms with Crippen LogP contribution in [-0.4, -0.2) is 5.91 Å². The van der Waals surface area contributed by atoms with Crippen molar-refractivity contribution in [2.45, 2.75) is 32.2 Å². The summed E-state index contributed by atoms with van der Waals surface area (Å²) in [7, 11) is 0. The normalized spacial score (nSPS) is 16.0. The lowest BCUT2D eigenvalue weighted by Gasteiger charge is -2.31. The Hall–Kier alpha value is -1.83. The van der Waals surface area contributed by atoms with Gasteiger partial charge in [0, 0.05) is 5.56 Å². The van der Waals surface area contributed by atoms with Gasteiger partial charge >= 0.3 is 0 Å². The van der Waals surface area contributed by atoms with Crippen molar-refractivity contribution < 1.29 is 4.79 Å². The number of hydrogen-bond acceptors (Lipinski definition) is 1. The topological polar surface area (TPSA) is 29.1 Å². The van der Waals surface area contributed by atoms with Crippen molar-refractivity contribution >= 4 is 5.91 Å². The van der Waals surface area contributed by atoms with E-state index in [-0.39, 0.29) is 11.4 Å². The Kier molecular flexibility index (Phi) is 3.12. The standard InChI is InChI=1S/C16H19NO/c1-11(2)9-16(10-12(3)4)14-8-6-5-7-13(14)15(18)17-16/h5-8H,1,3,9-10H2,2,4H3,(H,17,18). The predicted molar refractivity (Wildman–Crippen MR) is 74.4 cm³/mol. The Morgan fingerprint density at radius 1 is 1.17 bits per heavy atom. The summed E-state index contributed by atoms with van der Waals surface area (Å²) >= 11 is 0. The molecule has 94 valence electrons. The van der Waals surface area contributed by atoms with Gasteiger partial charge in [-0.1, -0.05) is 29.3 Å². The minimum Gasteiger partial charge on any atom is -0.342 e. The van der Waals surface area contributed by atoms with E-state index in [1.54, 1.807) is 0 Å². The number of rotatable bonds is 4. The second-order valence-electron chi connectivity index (χ2n) is 5.35. The van der Waals surface area contributed by atoms with Crippen molar-refractivity contribution in [3.8, 4) is 0 Å². The van der Waals surface area contributed by atoms with Gasteiger partial charge in [-0.05, 0) is 38.3 Å². The zero-order valence-corrected chi connectivity index (χ0v) is 11.0. The Bertz CT molecular complexity index is 506. The molecule has 0 fully saturated rings. The molecule has 1 N–H and O–H groups in total. The molecule has 1 aromatic rings. The lowest BCUT2D eigenvalue weighted by molar-refractivity contribution is 0.0929. The van der Waals surface area contributed by atoms with Crippen molar-refractivity contribution in [2.24, 2.45) is 0 Å². The first-order valence-corrected chi connectivity index (χ1v) is 6.15. The van der Waals surface area contributed by atoms with Gasteiger partial charge in [0.05, 0.1) is 5.54 Å². The lowest BCUT2D eigenvalue weighted by atomic mass is 9.80. The average molecular weight is 241 g/mol. The van der Waals surface area contributed by atoms with Crippen LogP contribution in [-0.2, 0) is 5.54 Å². The first-order valence-electron chi connectivity index (χ1n) is 6.15. The van der Waals surface area contributed by atoms with Crippen LogP contribution in [0, 0.1) is 0 Å². The largest absolute Gasteiger partial charge is 0.342 e. The van der Waals surface area contributed by atoms with Gasteiger partial charge in [-0.15, -0.1) is 13.2 Å². The first-order chi connectivity index (χ1) is 8.44. The first kappa shape index (κ1) is 12.6. The minimum atomic E-state index is -0.356. The highest BCUT2D eigenvalue weighted by molar-refractivity contribution is 6.00. The van der Waals surface area contributed by atoms with Crippen LogP contribution < -0.4 is 5.32 Å². The van der Waals surface area contributed by atoms with E-state index in [2.05, 4.69) is 18.5 Å². The van der Waals surface area contributed by atoms with E-state index < -0.39 is 0 Å². The summed E-state index contributed by atoms with van der Waals surface area (Å²) in [4.78, 5) is 12.1. The van der Waals surface area contributed by atoms with Crippen LogP contribution in [0.15, 0.2) is 48.6 Å². The molecule has 1 amide bonds. The van der Waals surface area contributed by atoms with E-state index in [1.165, 1.54) is 0 Å². The highest BCUT2D eigenvalue weighted by atomic mass is 16.2. The van der Waals surface area contributed by atoms with Crippen LogP contribution in [0.4, 0.5) is 0 Å². The zero-order valence-electron chi connectivity index (χ0n) is 11.0. The molecule has 0 bridgehead atoms. The van der Waals surface area contributed by atoms with Crippen molar-refractivity contribution in [2.75, 3.05) is 0 Å². The number of hydrogen-bond donors (Lipinski definition) is 1. The molecule has 0 saturated carbocycles. The van der Waals surface area contributed by atoms with Crippen LogP contribution >= 0.6 is 0 Å². The van der Waals surface area contributed by atoms with E-state index in [9.17, 15) is 4.79 Å². The molecular weight excluding hydrogens is 222 g/mol. The molecule has 2 nitrogen and oxygen atoms in total. The predicted octanol–water partition coefficient (Wildman–Crippen LogP) is 3.56. The molecule has 2 rings (SSSR count). The van der Waals surface area contributed by atoms with Crippen LogP contribution in [0.1, 0.15) is 42.6 Å². The molecule has 1 heterocycles. The summed E-state index contributed by atoms with van der Waals surface area (Å²) < 4.78 is 0. The second kappa shape index (κ2) is 4.45. The highest BCUT2D eigenvalue weighted by Crippen LogP contribution is 2.40. The summed E-state index contributed by atoms with van der Waals surface area (Å²) in [6.07, 6.45) is 1.51. The van der Waals surface area contributed by atoms with Gasteiger partial charge in [-0.3, -0.25) is 4.79 Å². The Morgan fingerprint density at radius 2 is 1.72 bits per heavy atom. The molecule has 1 aromatic carbocycles. The number of benzene rings is 1. The molecule has 0 radical (unpaired) electrons. The lowest BCUT2D eigenvalue weighted by Crippen LogP contribution is -2.39. The summed E-state index contributed by atoms with van der Waals surface area (Å²) in [5.74, 6) is 0.00750. The summed E-state index contributed by atoms with van der Waals surface area (Å²) in [5, 5.41) is 3.13.